The predicted octanol–water partition coefficient (Wildman–Crippen LogP) is 3.13. The number of hydrogen-bond acceptors (Lipinski definition) is 2. The molecule has 90 valence electrons. The summed E-state index contributed by atoms with van der Waals surface area (Å²) in [5.41, 5.74) is 2.77. The Morgan fingerprint density at radius 1 is 1.47 bits per heavy atom. The number of aliphatic hydroxyl groups excluding tert-OH is 1. The van der Waals surface area contributed by atoms with Gasteiger partial charge in [-0.25, -0.2) is 4.68 Å². The molecule has 0 saturated carbocycles. The van der Waals surface area contributed by atoms with Crippen molar-refractivity contribution < 1.29 is 5.11 Å². The molecule has 0 aliphatic heterocycles. The molecule has 0 atom stereocenters. The highest BCUT2D eigenvalue weighted by Crippen LogP contribution is 2.24. The highest BCUT2D eigenvalue weighted by molar-refractivity contribution is 9.10. The Balaban J connectivity index is 2.46. The molecular formula is C12H12BrClN2O. The van der Waals surface area contributed by atoms with Gasteiger partial charge in [-0.15, -0.1) is 0 Å². The van der Waals surface area contributed by atoms with Gasteiger partial charge in [-0.2, -0.15) is 5.10 Å². The molecule has 1 heterocycles. The zero-order valence-electron chi connectivity index (χ0n) is 9.32. The van der Waals surface area contributed by atoms with Crippen molar-refractivity contribution >= 4 is 27.5 Å². The van der Waals surface area contributed by atoms with Gasteiger partial charge in [0.25, 0.3) is 0 Å². The van der Waals surface area contributed by atoms with Gasteiger partial charge < -0.3 is 5.11 Å². The van der Waals surface area contributed by atoms with Gasteiger partial charge in [0.05, 0.1) is 15.9 Å². The highest BCUT2D eigenvalue weighted by atomic mass is 79.9. The van der Waals surface area contributed by atoms with Gasteiger partial charge in [-0.05, 0) is 40.5 Å². The maximum absolute atomic E-state index is 8.93. The summed E-state index contributed by atoms with van der Waals surface area (Å²) in [6.07, 6.45) is 2.41. The van der Waals surface area contributed by atoms with E-state index in [0.717, 1.165) is 26.4 Å². The first-order valence-corrected chi connectivity index (χ1v) is 6.41. The molecule has 1 aromatic heterocycles. The van der Waals surface area contributed by atoms with Crippen LogP contribution in [0.5, 0.6) is 0 Å². The fraction of sp³-hybridized carbons (Fsp3) is 0.250. The minimum atomic E-state index is 0.0874. The largest absolute Gasteiger partial charge is 0.396 e. The SMILES string of the molecule is Cc1c(Cl)cccc1-n1cc(Br)c(CCO)n1. The third kappa shape index (κ3) is 2.54. The van der Waals surface area contributed by atoms with E-state index < -0.39 is 0 Å². The van der Waals surface area contributed by atoms with E-state index in [2.05, 4.69) is 21.0 Å². The zero-order valence-corrected chi connectivity index (χ0v) is 11.7. The fourth-order valence-electron chi connectivity index (χ4n) is 1.63. The van der Waals surface area contributed by atoms with Crippen molar-refractivity contribution in [3.8, 4) is 5.69 Å². The summed E-state index contributed by atoms with van der Waals surface area (Å²) in [5, 5.41) is 14.1. The van der Waals surface area contributed by atoms with Gasteiger partial charge in [0.15, 0.2) is 0 Å². The van der Waals surface area contributed by atoms with Crippen LogP contribution in [0.15, 0.2) is 28.9 Å². The minimum absolute atomic E-state index is 0.0874. The zero-order chi connectivity index (χ0) is 12.4. The molecule has 3 nitrogen and oxygen atoms in total. The maximum atomic E-state index is 8.93. The quantitative estimate of drug-likeness (QED) is 0.945. The van der Waals surface area contributed by atoms with Crippen LogP contribution in [0, 0.1) is 6.92 Å². The van der Waals surface area contributed by atoms with Gasteiger partial charge in [-0.1, -0.05) is 17.7 Å². The summed E-state index contributed by atoms with van der Waals surface area (Å²) >= 11 is 9.51. The Hall–Kier alpha value is -0.840. The second-order valence-electron chi connectivity index (χ2n) is 3.73. The van der Waals surface area contributed by atoms with E-state index >= 15 is 0 Å². The number of nitrogens with zero attached hydrogens (tertiary/aromatic N) is 2. The molecule has 0 aliphatic rings. The Morgan fingerprint density at radius 2 is 2.24 bits per heavy atom. The molecule has 17 heavy (non-hydrogen) atoms. The topological polar surface area (TPSA) is 38.0 Å². The molecule has 1 aromatic carbocycles. The number of aromatic nitrogens is 2. The third-order valence-corrected chi connectivity index (χ3v) is 3.65. The van der Waals surface area contributed by atoms with Crippen molar-refractivity contribution in [3.63, 3.8) is 0 Å². The summed E-state index contributed by atoms with van der Waals surface area (Å²) in [4.78, 5) is 0. The Bertz CT molecular complexity index is 539. The predicted molar refractivity (Wildman–Crippen MR) is 71.8 cm³/mol. The van der Waals surface area contributed by atoms with E-state index in [0.29, 0.717) is 6.42 Å². The van der Waals surface area contributed by atoms with Crippen molar-refractivity contribution in [2.24, 2.45) is 0 Å². The number of hydrogen-bond donors (Lipinski definition) is 1. The van der Waals surface area contributed by atoms with Gasteiger partial charge in [0, 0.05) is 24.2 Å². The van der Waals surface area contributed by atoms with Crippen LogP contribution in [-0.2, 0) is 6.42 Å². The maximum Gasteiger partial charge on any atom is 0.0793 e. The summed E-state index contributed by atoms with van der Waals surface area (Å²) in [6.45, 7) is 2.04. The molecule has 0 aliphatic carbocycles. The lowest BCUT2D eigenvalue weighted by molar-refractivity contribution is 0.298. The number of aliphatic hydroxyl groups is 1. The molecule has 0 unspecified atom stereocenters. The molecule has 2 aromatic rings. The van der Waals surface area contributed by atoms with Crippen LogP contribution in [0.2, 0.25) is 5.02 Å². The molecule has 0 amide bonds. The van der Waals surface area contributed by atoms with E-state index in [1.807, 2.05) is 31.3 Å². The lowest BCUT2D eigenvalue weighted by Crippen LogP contribution is -2.00. The van der Waals surface area contributed by atoms with Crippen molar-refractivity contribution in [2.75, 3.05) is 6.61 Å². The first kappa shape index (κ1) is 12.6. The van der Waals surface area contributed by atoms with Crippen molar-refractivity contribution in [1.29, 1.82) is 0 Å². The molecule has 1 N–H and O–H groups in total. The standard InChI is InChI=1S/C12H12BrClN2O/c1-8-10(14)3-2-4-12(8)16-7-9(13)11(15-16)5-6-17/h2-4,7,17H,5-6H2,1H3. The normalized spacial score (nSPS) is 10.8. The van der Waals surface area contributed by atoms with Crippen LogP contribution in [-0.4, -0.2) is 21.5 Å². The second-order valence-corrected chi connectivity index (χ2v) is 4.99. The Morgan fingerprint density at radius 3 is 2.94 bits per heavy atom. The van der Waals surface area contributed by atoms with Gasteiger partial charge in [0.2, 0.25) is 0 Å². The van der Waals surface area contributed by atoms with Crippen LogP contribution in [0.3, 0.4) is 0 Å². The van der Waals surface area contributed by atoms with Crippen molar-refractivity contribution in [3.05, 3.63) is 45.1 Å². The van der Waals surface area contributed by atoms with Crippen LogP contribution in [0.25, 0.3) is 5.69 Å². The summed E-state index contributed by atoms with van der Waals surface area (Å²) in [5.74, 6) is 0. The van der Waals surface area contributed by atoms with Gasteiger partial charge in [-0.3, -0.25) is 0 Å². The second kappa shape index (κ2) is 5.21. The van der Waals surface area contributed by atoms with Crippen molar-refractivity contribution in [1.82, 2.24) is 9.78 Å². The van der Waals surface area contributed by atoms with E-state index in [9.17, 15) is 0 Å². The van der Waals surface area contributed by atoms with Crippen LogP contribution in [0.4, 0.5) is 0 Å². The summed E-state index contributed by atoms with van der Waals surface area (Å²) in [7, 11) is 0. The lowest BCUT2D eigenvalue weighted by atomic mass is 10.2. The molecule has 0 spiro atoms. The highest BCUT2D eigenvalue weighted by Gasteiger charge is 2.10. The molecule has 0 radical (unpaired) electrons. The van der Waals surface area contributed by atoms with Crippen molar-refractivity contribution in [2.45, 2.75) is 13.3 Å². The number of benzene rings is 1. The fourth-order valence-corrected chi connectivity index (χ4v) is 2.27. The number of rotatable bonds is 3. The average Bonchev–Trinajstić information content (AvgIpc) is 2.65. The van der Waals surface area contributed by atoms with Crippen LogP contribution < -0.4 is 0 Å². The third-order valence-electron chi connectivity index (χ3n) is 2.57. The molecule has 5 heteroatoms. The summed E-state index contributed by atoms with van der Waals surface area (Å²) < 4.78 is 2.67. The first-order chi connectivity index (χ1) is 8.13. The van der Waals surface area contributed by atoms with Gasteiger partial charge >= 0.3 is 0 Å². The Kier molecular flexibility index (Phi) is 3.86. The molecule has 0 fully saturated rings. The van der Waals surface area contributed by atoms with Crippen LogP contribution in [0.1, 0.15) is 11.3 Å². The van der Waals surface area contributed by atoms with E-state index in [1.54, 1.807) is 4.68 Å². The average molecular weight is 316 g/mol. The lowest BCUT2D eigenvalue weighted by Gasteiger charge is -2.06. The summed E-state index contributed by atoms with van der Waals surface area (Å²) in [6, 6.07) is 5.71. The molecule has 2 rings (SSSR count). The Labute approximate surface area is 113 Å². The van der Waals surface area contributed by atoms with E-state index in [-0.39, 0.29) is 6.61 Å². The van der Waals surface area contributed by atoms with Gasteiger partial charge in [0.1, 0.15) is 0 Å². The molecule has 0 saturated heterocycles. The minimum Gasteiger partial charge on any atom is -0.396 e. The molecule has 0 bridgehead atoms. The number of halogens is 2. The van der Waals surface area contributed by atoms with E-state index in [4.69, 9.17) is 16.7 Å². The van der Waals surface area contributed by atoms with Crippen LogP contribution >= 0.6 is 27.5 Å². The molecular weight excluding hydrogens is 304 g/mol. The monoisotopic (exact) mass is 314 g/mol. The smallest absolute Gasteiger partial charge is 0.0793 e. The first-order valence-electron chi connectivity index (χ1n) is 5.24. The van der Waals surface area contributed by atoms with E-state index in [1.165, 1.54) is 0 Å².